The highest BCUT2D eigenvalue weighted by atomic mass is 16.7. The molecule has 1 heterocycles. The monoisotopic (exact) mass is 983 g/mol. The number of Topliss-reactive ketones (excluding diaryl/α,β-unsaturated/α-hetero) is 1. The molecule has 1 fully saturated rings. The van der Waals surface area contributed by atoms with Crippen LogP contribution in [0.3, 0.4) is 0 Å². The molecule has 0 saturated carbocycles. The summed E-state index contributed by atoms with van der Waals surface area (Å²) < 4.78 is 23.0. The normalized spacial score (nSPS) is 23.3. The first-order valence-corrected chi connectivity index (χ1v) is 23.6. The van der Waals surface area contributed by atoms with Crippen LogP contribution in [0.4, 0.5) is 4.79 Å². The Balaban J connectivity index is 1.42. The zero-order valence-corrected chi connectivity index (χ0v) is 41.2. The fourth-order valence-electron chi connectivity index (χ4n) is 9.11. The number of aliphatic hydroxyl groups excluding tert-OH is 2. The van der Waals surface area contributed by atoms with E-state index in [-0.39, 0.29) is 59.7 Å². The fourth-order valence-corrected chi connectivity index (χ4v) is 9.11. The highest BCUT2D eigenvalue weighted by Crippen LogP contribution is 2.52. The third-order valence-corrected chi connectivity index (χ3v) is 12.6. The number of carbonyl (C=O) groups is 7. The van der Waals surface area contributed by atoms with Crippen molar-refractivity contribution in [3.05, 3.63) is 51.6 Å². The molecule has 1 saturated heterocycles. The molecule has 9 atom stereocenters. The summed E-state index contributed by atoms with van der Waals surface area (Å²) in [6.45, 7) is 12.8. The van der Waals surface area contributed by atoms with Crippen molar-refractivity contribution in [2.75, 3.05) is 20.3 Å². The van der Waals surface area contributed by atoms with E-state index < -0.39 is 149 Å². The lowest BCUT2D eigenvalue weighted by Crippen LogP contribution is -2.61. The maximum atomic E-state index is 14.2. The first-order valence-electron chi connectivity index (χ1n) is 23.6. The van der Waals surface area contributed by atoms with Gasteiger partial charge < -0.3 is 71.5 Å². The average molecular weight is 984 g/mol. The standard InChI is InChI=1S/C49H69N5O16/c1-22(2)17-29(53-46(64)38(23(3)4)54-47(65)70-48(6,7)8)45(63)51-27(14-10-11-16-50)44(62)52-28-18-33(68-24(5)39(28)57)69-31-20-49(66,32(56)21-55)19-26-35(31)43(61)37-36(41(26)59)40(58)25-13-12-15-30(67-9)34(25)42(37)60/h12-13,15,22-24,27-29,31,33,38-39,55,57,59,61,66H,10-11,14,16-21,50H2,1-9H3,(H,51,63)(H,52,62)(H,53,64)(H,54,65)/t24?,27-,28?,29-,31-,33?,38-,39?,49-/m0/s1. The van der Waals surface area contributed by atoms with Crippen LogP contribution in [0, 0.1) is 11.8 Å². The lowest BCUT2D eigenvalue weighted by atomic mass is 9.72. The Morgan fingerprint density at radius 1 is 0.914 bits per heavy atom. The van der Waals surface area contributed by atoms with Crippen molar-refractivity contribution in [1.82, 2.24) is 21.3 Å². The predicted octanol–water partition coefficient (Wildman–Crippen LogP) is 1.85. The largest absolute Gasteiger partial charge is 0.507 e. The number of aromatic hydroxyl groups is 2. The molecule has 1 aliphatic heterocycles. The molecule has 2 aliphatic carbocycles. The van der Waals surface area contributed by atoms with Crippen LogP contribution in [0.2, 0.25) is 0 Å². The predicted molar refractivity (Wildman–Crippen MR) is 250 cm³/mol. The average Bonchev–Trinajstić information content (AvgIpc) is 3.27. The molecule has 11 N–H and O–H groups in total. The van der Waals surface area contributed by atoms with E-state index in [4.69, 9.17) is 24.7 Å². The third kappa shape index (κ3) is 12.2. The maximum Gasteiger partial charge on any atom is 0.408 e. The Morgan fingerprint density at radius 3 is 2.17 bits per heavy atom. The molecule has 2 aromatic rings. The van der Waals surface area contributed by atoms with Crippen LogP contribution in [-0.4, -0.2) is 141 Å². The number of methoxy groups -OCH3 is 1. The Labute approximate surface area is 406 Å². The summed E-state index contributed by atoms with van der Waals surface area (Å²) in [6, 6.07) is -0.318. The third-order valence-electron chi connectivity index (χ3n) is 12.6. The second-order valence-electron chi connectivity index (χ2n) is 20.0. The summed E-state index contributed by atoms with van der Waals surface area (Å²) in [6.07, 6.45) is -6.69. The number of alkyl carbamates (subject to hydrolysis) is 1. The number of aliphatic hydroxyl groups is 3. The Kier molecular flexibility index (Phi) is 17.8. The number of hydrogen-bond donors (Lipinski definition) is 10. The van der Waals surface area contributed by atoms with Gasteiger partial charge in [0, 0.05) is 36.0 Å². The topological polar surface area (TPSA) is 332 Å². The lowest BCUT2D eigenvalue weighted by molar-refractivity contribution is -0.249. The number of ketones is 3. The molecule has 0 spiro atoms. The van der Waals surface area contributed by atoms with Crippen LogP contribution >= 0.6 is 0 Å². The molecular formula is C49H69N5O16. The van der Waals surface area contributed by atoms with Crippen molar-refractivity contribution >= 4 is 41.2 Å². The number of rotatable bonds is 19. The summed E-state index contributed by atoms with van der Waals surface area (Å²) in [7, 11) is 1.29. The van der Waals surface area contributed by atoms with E-state index in [1.54, 1.807) is 34.6 Å². The van der Waals surface area contributed by atoms with Crippen molar-refractivity contribution in [1.29, 1.82) is 0 Å². The van der Waals surface area contributed by atoms with Crippen molar-refractivity contribution in [2.24, 2.45) is 17.6 Å². The summed E-state index contributed by atoms with van der Waals surface area (Å²) in [5.74, 6) is -6.92. The van der Waals surface area contributed by atoms with Gasteiger partial charge in [0.15, 0.2) is 17.9 Å². The van der Waals surface area contributed by atoms with Crippen molar-refractivity contribution < 1.29 is 78.0 Å². The second kappa shape index (κ2) is 22.6. The number of nitrogens with two attached hydrogens (primary N) is 1. The molecule has 3 aliphatic rings. The van der Waals surface area contributed by atoms with Gasteiger partial charge in [-0.15, -0.1) is 0 Å². The minimum absolute atomic E-state index is 0.0258. The van der Waals surface area contributed by atoms with Crippen molar-refractivity contribution in [3.8, 4) is 17.2 Å². The number of ether oxygens (including phenoxy) is 4. The van der Waals surface area contributed by atoms with E-state index in [1.165, 1.54) is 32.2 Å². The van der Waals surface area contributed by atoms with Gasteiger partial charge in [-0.2, -0.15) is 0 Å². The van der Waals surface area contributed by atoms with Crippen molar-refractivity contribution in [3.63, 3.8) is 0 Å². The number of phenolic OH excluding ortho intramolecular Hbond substituents is 2. The van der Waals surface area contributed by atoms with Crippen LogP contribution in [-0.2, 0) is 39.8 Å². The number of nitrogens with one attached hydrogen (secondary N) is 4. The number of benzene rings is 2. The quantitative estimate of drug-likeness (QED) is 0.0605. The summed E-state index contributed by atoms with van der Waals surface area (Å²) in [5.41, 5.74) is 0.513. The van der Waals surface area contributed by atoms with Crippen LogP contribution in [0.1, 0.15) is 143 Å². The molecule has 386 valence electrons. The van der Waals surface area contributed by atoms with Gasteiger partial charge in [-0.05, 0) is 77.8 Å². The van der Waals surface area contributed by atoms with Gasteiger partial charge in [0.1, 0.15) is 59.3 Å². The first-order chi connectivity index (χ1) is 32.8. The molecule has 21 nitrogen and oxygen atoms in total. The number of hydrogen-bond acceptors (Lipinski definition) is 17. The van der Waals surface area contributed by atoms with Crippen LogP contribution in [0.25, 0.3) is 0 Å². The highest BCUT2D eigenvalue weighted by Gasteiger charge is 2.50. The van der Waals surface area contributed by atoms with Gasteiger partial charge in [-0.3, -0.25) is 28.8 Å². The molecule has 70 heavy (non-hydrogen) atoms. The van der Waals surface area contributed by atoms with Gasteiger partial charge in [-0.25, -0.2) is 4.79 Å². The van der Waals surface area contributed by atoms with Crippen LogP contribution < -0.4 is 31.7 Å². The molecule has 4 amide bonds. The van der Waals surface area contributed by atoms with E-state index in [2.05, 4.69) is 21.3 Å². The minimum Gasteiger partial charge on any atom is -0.507 e. The second-order valence-corrected chi connectivity index (χ2v) is 20.0. The first kappa shape index (κ1) is 55.2. The Hall–Kier alpha value is -5.71. The highest BCUT2D eigenvalue weighted by molar-refractivity contribution is 6.31. The zero-order valence-electron chi connectivity index (χ0n) is 41.2. The van der Waals surface area contributed by atoms with Crippen LogP contribution in [0.5, 0.6) is 17.2 Å². The van der Waals surface area contributed by atoms with Gasteiger partial charge in [-0.1, -0.05) is 39.8 Å². The zero-order chi connectivity index (χ0) is 52.2. The molecular weight excluding hydrogens is 915 g/mol. The number of phenols is 2. The minimum atomic E-state index is -2.42. The Morgan fingerprint density at radius 2 is 1.57 bits per heavy atom. The molecule has 21 heteroatoms. The fraction of sp³-hybridized carbons (Fsp3) is 0.612. The van der Waals surface area contributed by atoms with E-state index >= 15 is 0 Å². The molecule has 0 bridgehead atoms. The lowest BCUT2D eigenvalue weighted by Gasteiger charge is -2.43. The number of fused-ring (bicyclic) bond motifs is 3. The van der Waals surface area contributed by atoms with E-state index in [1.807, 2.05) is 13.8 Å². The summed E-state index contributed by atoms with van der Waals surface area (Å²) >= 11 is 0. The molecule has 0 aromatic heterocycles. The molecule has 4 unspecified atom stereocenters. The molecule has 0 radical (unpaired) electrons. The molecule has 2 aromatic carbocycles. The maximum absolute atomic E-state index is 14.2. The number of carbonyl (C=O) groups excluding carboxylic acids is 7. The van der Waals surface area contributed by atoms with Gasteiger partial charge in [0.25, 0.3) is 0 Å². The molecule has 5 rings (SSSR count). The van der Waals surface area contributed by atoms with E-state index in [0.29, 0.717) is 12.8 Å². The SMILES string of the molecule is COc1cccc2c1C(=O)c1c(O)c3c(c(O)c1C2=O)C[C@@](O)(C(=O)CO)C[C@@H]3OC1CC(NC(=O)[C@H](CCCCN)NC(=O)[C@H](CC(C)C)NC(=O)[C@@H](NC(=O)OC(C)(C)C)C(C)C)C(O)C(C)O1. The van der Waals surface area contributed by atoms with E-state index in [9.17, 15) is 59.1 Å². The van der Waals surface area contributed by atoms with E-state index in [0.717, 1.165) is 0 Å². The summed E-state index contributed by atoms with van der Waals surface area (Å²) in [5, 5.41) is 67.5. The van der Waals surface area contributed by atoms with Crippen LogP contribution in [0.15, 0.2) is 18.2 Å². The number of unbranched alkanes of at least 4 members (excludes halogenated alkanes) is 1. The van der Waals surface area contributed by atoms with Gasteiger partial charge in [0.05, 0.1) is 42.0 Å². The Bertz CT molecular complexity index is 2330. The van der Waals surface area contributed by atoms with Crippen molar-refractivity contribution in [2.45, 2.75) is 160 Å². The summed E-state index contributed by atoms with van der Waals surface area (Å²) in [4.78, 5) is 95.8. The van der Waals surface area contributed by atoms with Gasteiger partial charge >= 0.3 is 6.09 Å². The number of amides is 4. The van der Waals surface area contributed by atoms with Gasteiger partial charge in [0.2, 0.25) is 23.5 Å². The smallest absolute Gasteiger partial charge is 0.408 e.